The first-order valence-electron chi connectivity index (χ1n) is 12.8. The van der Waals surface area contributed by atoms with E-state index in [9.17, 15) is 14.0 Å². The second-order valence-electron chi connectivity index (χ2n) is 9.61. The van der Waals surface area contributed by atoms with Crippen molar-refractivity contribution in [2.45, 2.75) is 13.0 Å². The molecular formula is C33H24FN3O3. The number of nitrogens with zero attached hydrogens (tertiary/aromatic N) is 2. The van der Waals surface area contributed by atoms with Gasteiger partial charge in [0.2, 0.25) is 0 Å². The minimum atomic E-state index is -1.01. The van der Waals surface area contributed by atoms with Gasteiger partial charge >= 0.3 is 5.97 Å². The number of carbonyl (C=O) groups is 2. The maximum Gasteiger partial charge on any atom is 0.335 e. The van der Waals surface area contributed by atoms with E-state index in [2.05, 4.69) is 40.6 Å². The Balaban J connectivity index is 1.38. The zero-order valence-electron chi connectivity index (χ0n) is 21.3. The number of hydrogen-bond donors (Lipinski definition) is 2. The fourth-order valence-corrected chi connectivity index (χ4v) is 4.93. The molecule has 0 unspecified atom stereocenters. The van der Waals surface area contributed by atoms with Crippen molar-refractivity contribution in [3.8, 4) is 11.1 Å². The third-order valence-corrected chi connectivity index (χ3v) is 6.97. The Hall–Kier alpha value is -5.30. The van der Waals surface area contributed by atoms with Crippen molar-refractivity contribution >= 4 is 28.2 Å². The van der Waals surface area contributed by atoms with Gasteiger partial charge in [0.15, 0.2) is 0 Å². The summed E-state index contributed by atoms with van der Waals surface area (Å²) in [6.45, 7) is 0.197. The van der Waals surface area contributed by atoms with E-state index >= 15 is 0 Å². The predicted octanol–water partition coefficient (Wildman–Crippen LogP) is 6.51. The van der Waals surface area contributed by atoms with Crippen LogP contribution in [-0.2, 0) is 13.0 Å². The lowest BCUT2D eigenvalue weighted by Crippen LogP contribution is -2.23. The van der Waals surface area contributed by atoms with Crippen molar-refractivity contribution in [3.63, 3.8) is 0 Å². The highest BCUT2D eigenvalue weighted by Gasteiger charge is 2.19. The molecule has 4 aromatic carbocycles. The molecule has 7 heteroatoms. The molecule has 0 spiro atoms. The van der Waals surface area contributed by atoms with Crippen LogP contribution >= 0.6 is 0 Å². The first kappa shape index (κ1) is 25.0. The molecule has 196 valence electrons. The van der Waals surface area contributed by atoms with Crippen LogP contribution in [0.4, 0.5) is 4.39 Å². The Morgan fingerprint density at radius 1 is 0.850 bits per heavy atom. The average molecular weight is 530 g/mol. The van der Waals surface area contributed by atoms with Gasteiger partial charge in [-0.2, -0.15) is 0 Å². The zero-order valence-corrected chi connectivity index (χ0v) is 21.3. The lowest BCUT2D eigenvalue weighted by atomic mass is 10.0. The molecule has 0 aliphatic carbocycles. The summed E-state index contributed by atoms with van der Waals surface area (Å²) in [6.07, 6.45) is 3.95. The van der Waals surface area contributed by atoms with Gasteiger partial charge in [0.1, 0.15) is 5.82 Å². The maximum absolute atomic E-state index is 14.7. The van der Waals surface area contributed by atoms with Crippen LogP contribution < -0.4 is 5.32 Å². The molecule has 2 aromatic heterocycles. The SMILES string of the molecule is O=C(O)c1ccc(CNC(=O)c2cc(-c3ccccc3F)cn3cnc(Cc4ccc5ccccc5c4)c23)cc1. The molecule has 0 radical (unpaired) electrons. The highest BCUT2D eigenvalue weighted by molar-refractivity contribution is 6.02. The lowest BCUT2D eigenvalue weighted by Gasteiger charge is -2.12. The van der Waals surface area contributed by atoms with Crippen LogP contribution in [0.5, 0.6) is 0 Å². The van der Waals surface area contributed by atoms with Crippen LogP contribution in [0.15, 0.2) is 110 Å². The second kappa shape index (κ2) is 10.5. The molecule has 6 rings (SSSR count). The fourth-order valence-electron chi connectivity index (χ4n) is 4.93. The molecule has 0 atom stereocenters. The smallest absolute Gasteiger partial charge is 0.335 e. The van der Waals surface area contributed by atoms with Gasteiger partial charge in [0.25, 0.3) is 5.91 Å². The van der Waals surface area contributed by atoms with Crippen molar-refractivity contribution < 1.29 is 19.1 Å². The molecule has 0 aliphatic rings. The molecule has 0 bridgehead atoms. The zero-order chi connectivity index (χ0) is 27.6. The summed E-state index contributed by atoms with van der Waals surface area (Å²) < 4.78 is 16.5. The van der Waals surface area contributed by atoms with Crippen LogP contribution in [0.25, 0.3) is 27.4 Å². The number of carboxylic acid groups (broad SMARTS) is 1. The number of nitrogens with one attached hydrogen (secondary N) is 1. The Morgan fingerprint density at radius 3 is 2.35 bits per heavy atom. The molecule has 2 heterocycles. The van der Waals surface area contributed by atoms with E-state index in [4.69, 9.17) is 5.11 Å². The summed E-state index contributed by atoms with van der Waals surface area (Å²) >= 11 is 0. The number of fused-ring (bicyclic) bond motifs is 2. The highest BCUT2D eigenvalue weighted by atomic mass is 19.1. The number of imidazole rings is 1. The fraction of sp³-hybridized carbons (Fsp3) is 0.0606. The third kappa shape index (κ3) is 4.92. The van der Waals surface area contributed by atoms with E-state index in [1.165, 1.54) is 18.2 Å². The van der Waals surface area contributed by atoms with E-state index in [0.717, 1.165) is 27.6 Å². The number of aromatic nitrogens is 2. The summed E-state index contributed by atoms with van der Waals surface area (Å²) in [5.74, 6) is -1.74. The second-order valence-corrected chi connectivity index (χ2v) is 9.61. The summed E-state index contributed by atoms with van der Waals surface area (Å²) in [6, 6.07) is 28.8. The number of halogens is 1. The number of hydrogen-bond acceptors (Lipinski definition) is 3. The molecule has 0 saturated carbocycles. The standard InChI is InChI=1S/C33H24FN3O3/c34-29-8-4-3-7-27(29)26-17-28(32(38)35-18-21-9-13-24(14-10-21)33(39)40)31-30(36-20-37(31)19-26)16-22-11-12-23-5-1-2-6-25(23)15-22/h1-15,17,19-20H,16,18H2,(H,35,38)(H,39,40). The molecular weight excluding hydrogens is 505 g/mol. The van der Waals surface area contributed by atoms with Crippen molar-refractivity contribution in [3.05, 3.63) is 143 Å². The van der Waals surface area contributed by atoms with Crippen LogP contribution in [0, 0.1) is 5.82 Å². The van der Waals surface area contributed by atoms with Gasteiger partial charge in [0, 0.05) is 30.3 Å². The highest BCUT2D eigenvalue weighted by Crippen LogP contribution is 2.28. The Bertz CT molecular complexity index is 1890. The topological polar surface area (TPSA) is 83.7 Å². The Labute approximate surface area is 229 Å². The minimum absolute atomic E-state index is 0.173. The number of carbonyl (C=O) groups excluding carboxylic acids is 1. The van der Waals surface area contributed by atoms with E-state index in [1.54, 1.807) is 53.3 Å². The number of rotatable bonds is 7. The lowest BCUT2D eigenvalue weighted by molar-refractivity contribution is 0.0696. The van der Waals surface area contributed by atoms with Crippen LogP contribution in [0.3, 0.4) is 0 Å². The summed E-state index contributed by atoms with van der Waals surface area (Å²) in [5, 5.41) is 14.3. The molecule has 1 amide bonds. The van der Waals surface area contributed by atoms with E-state index < -0.39 is 5.97 Å². The maximum atomic E-state index is 14.7. The van der Waals surface area contributed by atoms with Gasteiger partial charge in [-0.25, -0.2) is 14.2 Å². The number of amides is 1. The Kier molecular flexibility index (Phi) is 6.54. The largest absolute Gasteiger partial charge is 0.478 e. The monoisotopic (exact) mass is 529 g/mol. The summed E-state index contributed by atoms with van der Waals surface area (Å²) in [7, 11) is 0. The normalized spacial score (nSPS) is 11.1. The first-order chi connectivity index (χ1) is 19.5. The van der Waals surface area contributed by atoms with Gasteiger partial charge in [0.05, 0.1) is 28.7 Å². The quantitative estimate of drug-likeness (QED) is 0.247. The number of pyridine rings is 1. The number of carboxylic acids is 1. The predicted molar refractivity (Wildman–Crippen MR) is 152 cm³/mol. The van der Waals surface area contributed by atoms with Gasteiger partial charge in [-0.15, -0.1) is 0 Å². The third-order valence-electron chi connectivity index (χ3n) is 6.97. The minimum Gasteiger partial charge on any atom is -0.478 e. The van der Waals surface area contributed by atoms with Crippen LogP contribution in [-0.4, -0.2) is 26.4 Å². The number of aromatic carboxylic acids is 1. The molecule has 6 aromatic rings. The van der Waals surface area contributed by atoms with Gasteiger partial charge < -0.3 is 14.8 Å². The average Bonchev–Trinajstić information content (AvgIpc) is 3.38. The van der Waals surface area contributed by atoms with E-state index in [0.29, 0.717) is 28.6 Å². The van der Waals surface area contributed by atoms with Gasteiger partial charge in [-0.1, -0.05) is 72.8 Å². The molecule has 2 N–H and O–H groups in total. The molecule has 0 fully saturated rings. The molecule has 6 nitrogen and oxygen atoms in total. The van der Waals surface area contributed by atoms with Gasteiger partial charge in [-0.05, 0) is 46.2 Å². The number of benzene rings is 4. The first-order valence-corrected chi connectivity index (χ1v) is 12.8. The van der Waals surface area contributed by atoms with Crippen LogP contribution in [0.2, 0.25) is 0 Å². The van der Waals surface area contributed by atoms with E-state index in [-0.39, 0.29) is 23.8 Å². The van der Waals surface area contributed by atoms with Crippen LogP contribution in [0.1, 0.15) is 37.5 Å². The molecule has 0 saturated heterocycles. The van der Waals surface area contributed by atoms with Crippen molar-refractivity contribution in [2.24, 2.45) is 0 Å². The van der Waals surface area contributed by atoms with E-state index in [1.807, 2.05) is 12.1 Å². The van der Waals surface area contributed by atoms with Crippen molar-refractivity contribution in [1.29, 1.82) is 0 Å². The van der Waals surface area contributed by atoms with Crippen molar-refractivity contribution in [1.82, 2.24) is 14.7 Å². The summed E-state index contributed by atoms with van der Waals surface area (Å²) in [4.78, 5) is 29.4. The molecule has 40 heavy (non-hydrogen) atoms. The molecule has 0 aliphatic heterocycles. The Morgan fingerprint density at radius 2 is 1.57 bits per heavy atom. The van der Waals surface area contributed by atoms with Crippen molar-refractivity contribution in [2.75, 3.05) is 0 Å². The van der Waals surface area contributed by atoms with Gasteiger partial charge in [-0.3, -0.25) is 4.79 Å². The summed E-state index contributed by atoms with van der Waals surface area (Å²) in [5.41, 5.74) is 4.66.